The quantitative estimate of drug-likeness (QED) is 0.106. The number of aliphatic carboxylic acids is 3. The van der Waals surface area contributed by atoms with E-state index in [1.165, 1.54) is 7.05 Å². The summed E-state index contributed by atoms with van der Waals surface area (Å²) in [4.78, 5) is 43.0. The molecule has 0 rings (SSSR count). The number of carboxylic acids is 3. The third kappa shape index (κ3) is 19.0. The second-order valence-electron chi connectivity index (χ2n) is 6.41. The fourth-order valence-electron chi connectivity index (χ4n) is 1.57. The smallest absolute Gasteiger partial charge is 0.331 e. The van der Waals surface area contributed by atoms with Gasteiger partial charge in [-0.15, -0.1) is 0 Å². The Morgan fingerprint density at radius 1 is 1.22 bits per heavy atom. The van der Waals surface area contributed by atoms with Crippen molar-refractivity contribution in [2.45, 2.75) is 12.5 Å². The van der Waals surface area contributed by atoms with E-state index in [9.17, 15) is 24.3 Å². The largest absolute Gasteiger partial charge is 0.550 e. The lowest BCUT2D eigenvalue weighted by Gasteiger charge is -2.28. The summed E-state index contributed by atoms with van der Waals surface area (Å²) in [5.41, 5.74) is 4.93. The van der Waals surface area contributed by atoms with E-state index >= 15 is 0 Å². The molecule has 0 aliphatic heterocycles. The van der Waals surface area contributed by atoms with Crippen molar-refractivity contribution in [2.24, 2.45) is 5.73 Å². The molecule has 0 saturated heterocycles. The summed E-state index contributed by atoms with van der Waals surface area (Å²) in [7, 11) is 6.87. The highest BCUT2D eigenvalue weighted by Gasteiger charge is 2.21. The molecule has 0 aromatic carbocycles. The van der Waals surface area contributed by atoms with E-state index in [0.717, 1.165) is 11.0 Å². The number of nitrogens with one attached hydrogen (secondary N) is 1. The van der Waals surface area contributed by atoms with Crippen molar-refractivity contribution in [1.82, 2.24) is 4.90 Å². The van der Waals surface area contributed by atoms with Crippen molar-refractivity contribution in [3.05, 3.63) is 12.2 Å². The number of esters is 1. The molecule has 1 atom stereocenters. The number of nitrogens with zero attached hydrogens (tertiary/aromatic N) is 2. The van der Waals surface area contributed by atoms with Gasteiger partial charge in [0, 0.05) is 31.6 Å². The van der Waals surface area contributed by atoms with Gasteiger partial charge in [0.05, 0.1) is 21.1 Å². The molecular formula is C15H26N4O8. The summed E-state index contributed by atoms with van der Waals surface area (Å²) < 4.78 is 5.26. The Morgan fingerprint density at radius 3 is 2.04 bits per heavy atom. The molecule has 0 aliphatic rings. The summed E-state index contributed by atoms with van der Waals surface area (Å²) >= 11 is 0. The van der Waals surface area contributed by atoms with Crippen LogP contribution in [0.5, 0.6) is 0 Å². The van der Waals surface area contributed by atoms with Crippen molar-refractivity contribution < 1.29 is 43.7 Å². The highest BCUT2D eigenvalue weighted by Crippen LogP contribution is 2.05. The van der Waals surface area contributed by atoms with Crippen LogP contribution in [-0.4, -0.2) is 96.8 Å². The van der Waals surface area contributed by atoms with Crippen LogP contribution in [0.4, 0.5) is 0 Å². The van der Waals surface area contributed by atoms with Crippen LogP contribution in [0.15, 0.2) is 12.2 Å². The Labute approximate surface area is 156 Å². The highest BCUT2D eigenvalue weighted by atomic mass is 16.5. The number of likely N-dealkylation sites (N-methyl/N-ethyl adjacent to an activating group) is 2. The standard InChI is InChI=1S/C11H17NO6.C4H9N3O2/c1-12(2,3)7-8(6-10(15)16)18-11(17)5-4-9(13)14;1-7(4(5)6)2-3(8)9/h4-5,8H,6-7H2,1-3H3,(H-,13,14,15,16);2H2,1H3,(H3,5,6)(H,8,9)/b5-4+;/t8-;/m1./s1. The van der Waals surface area contributed by atoms with Crippen LogP contribution in [0.3, 0.4) is 0 Å². The summed E-state index contributed by atoms with van der Waals surface area (Å²) in [6.45, 7) is 0.0516. The van der Waals surface area contributed by atoms with Crippen LogP contribution in [0.2, 0.25) is 0 Å². The predicted molar refractivity (Wildman–Crippen MR) is 91.4 cm³/mol. The molecule has 12 nitrogen and oxygen atoms in total. The van der Waals surface area contributed by atoms with Crippen LogP contribution < -0.4 is 10.8 Å². The zero-order valence-electron chi connectivity index (χ0n) is 15.7. The van der Waals surface area contributed by atoms with E-state index in [-0.39, 0.29) is 19.0 Å². The molecule has 0 bridgehead atoms. The van der Waals surface area contributed by atoms with Crippen molar-refractivity contribution in [3.63, 3.8) is 0 Å². The molecule has 27 heavy (non-hydrogen) atoms. The van der Waals surface area contributed by atoms with Crippen molar-refractivity contribution in [3.8, 4) is 0 Å². The number of carbonyl (C=O) groups excluding carboxylic acids is 2. The lowest BCUT2D eigenvalue weighted by atomic mass is 10.2. The number of carboxylic acid groups (broad SMARTS) is 3. The first-order valence-electron chi connectivity index (χ1n) is 7.53. The fourth-order valence-corrected chi connectivity index (χ4v) is 1.57. The number of carbonyl (C=O) groups is 4. The number of nitrogens with two attached hydrogens (primary N) is 1. The topological polar surface area (TPSA) is 194 Å². The van der Waals surface area contributed by atoms with E-state index < -0.39 is 36.4 Å². The monoisotopic (exact) mass is 390 g/mol. The van der Waals surface area contributed by atoms with E-state index in [1.54, 1.807) is 0 Å². The number of guanidine groups is 1. The fraction of sp³-hybridized carbons (Fsp3) is 0.533. The SMILES string of the molecule is CN(CC(=O)O)C(=N)N.C[N+](C)(C)C[C@@H](CC(=O)[O-])OC(=O)/C=C/C(=O)O. The minimum atomic E-state index is -1.33. The zero-order valence-corrected chi connectivity index (χ0v) is 15.7. The van der Waals surface area contributed by atoms with Gasteiger partial charge in [0.15, 0.2) is 12.1 Å². The van der Waals surface area contributed by atoms with E-state index in [2.05, 4.69) is 0 Å². The van der Waals surface area contributed by atoms with Crippen molar-refractivity contribution in [1.29, 1.82) is 5.41 Å². The molecule has 0 fully saturated rings. The molecule has 0 unspecified atom stereocenters. The molecule has 0 amide bonds. The summed E-state index contributed by atoms with van der Waals surface area (Å²) in [5, 5.41) is 33.7. The molecule has 5 N–H and O–H groups in total. The zero-order chi connectivity index (χ0) is 21.8. The molecule has 0 aromatic heterocycles. The Kier molecular flexibility index (Phi) is 11.8. The molecule has 0 radical (unpaired) electrons. The van der Waals surface area contributed by atoms with Gasteiger partial charge < -0.3 is 40.0 Å². The maximum absolute atomic E-state index is 11.2. The third-order valence-electron chi connectivity index (χ3n) is 2.57. The van der Waals surface area contributed by atoms with Gasteiger partial charge in [-0.25, -0.2) is 9.59 Å². The van der Waals surface area contributed by atoms with Gasteiger partial charge in [0.25, 0.3) is 0 Å². The van der Waals surface area contributed by atoms with Crippen LogP contribution in [0.25, 0.3) is 0 Å². The third-order valence-corrected chi connectivity index (χ3v) is 2.57. The van der Waals surface area contributed by atoms with Crippen molar-refractivity contribution >= 4 is 29.8 Å². The van der Waals surface area contributed by atoms with Gasteiger partial charge in [0.1, 0.15) is 13.1 Å². The average molecular weight is 390 g/mol. The first-order chi connectivity index (χ1) is 12.1. The Bertz CT molecular complexity index is 583. The number of ether oxygens (including phenoxy) is 1. The van der Waals surface area contributed by atoms with E-state index in [0.29, 0.717) is 10.6 Å². The number of hydrogen-bond acceptors (Lipinski definition) is 7. The second kappa shape index (κ2) is 12.2. The van der Waals surface area contributed by atoms with Gasteiger partial charge in [-0.2, -0.15) is 0 Å². The maximum atomic E-state index is 11.2. The molecule has 0 saturated carbocycles. The number of quaternary nitrogens is 1. The average Bonchev–Trinajstić information content (AvgIpc) is 2.42. The molecule has 0 spiro atoms. The predicted octanol–water partition coefficient (Wildman–Crippen LogP) is -2.72. The lowest BCUT2D eigenvalue weighted by Crippen LogP contribution is -2.45. The maximum Gasteiger partial charge on any atom is 0.331 e. The van der Waals surface area contributed by atoms with E-state index in [1.807, 2.05) is 21.1 Å². The Hall–Kier alpha value is -3.15. The van der Waals surface area contributed by atoms with Gasteiger partial charge in [0.2, 0.25) is 0 Å². The van der Waals surface area contributed by atoms with Gasteiger partial charge >= 0.3 is 17.9 Å². The Morgan fingerprint density at radius 2 is 1.74 bits per heavy atom. The van der Waals surface area contributed by atoms with E-state index in [4.69, 9.17) is 26.1 Å². The summed E-state index contributed by atoms with van der Waals surface area (Å²) in [6.07, 6.45) is 0.0771. The summed E-state index contributed by atoms with van der Waals surface area (Å²) in [5.74, 6) is -4.74. The van der Waals surface area contributed by atoms with Crippen LogP contribution in [0, 0.1) is 5.41 Å². The normalized spacial score (nSPS) is 11.7. The summed E-state index contributed by atoms with van der Waals surface area (Å²) in [6, 6.07) is 0. The molecule has 154 valence electrons. The minimum Gasteiger partial charge on any atom is -0.550 e. The van der Waals surface area contributed by atoms with Gasteiger partial charge in [-0.1, -0.05) is 0 Å². The van der Waals surface area contributed by atoms with Crippen LogP contribution in [0.1, 0.15) is 6.42 Å². The second-order valence-corrected chi connectivity index (χ2v) is 6.41. The molecular weight excluding hydrogens is 364 g/mol. The van der Waals surface area contributed by atoms with Crippen molar-refractivity contribution in [2.75, 3.05) is 41.3 Å². The van der Waals surface area contributed by atoms with Crippen LogP contribution in [-0.2, 0) is 23.9 Å². The Balaban J connectivity index is 0. The first kappa shape index (κ1) is 26.1. The number of hydrogen-bond donors (Lipinski definition) is 4. The molecule has 0 heterocycles. The molecule has 12 heteroatoms. The number of rotatable bonds is 9. The lowest BCUT2D eigenvalue weighted by molar-refractivity contribution is -0.873. The highest BCUT2D eigenvalue weighted by molar-refractivity contribution is 5.90. The molecule has 0 aliphatic carbocycles. The van der Waals surface area contributed by atoms with Gasteiger partial charge in [-0.3, -0.25) is 10.2 Å². The molecule has 0 aromatic rings. The minimum absolute atomic E-state index is 0.227. The van der Waals surface area contributed by atoms with Crippen LogP contribution >= 0.6 is 0 Å². The first-order valence-corrected chi connectivity index (χ1v) is 7.53. The van der Waals surface area contributed by atoms with Gasteiger partial charge in [-0.05, 0) is 0 Å².